The molecule has 1 aliphatic heterocycles. The number of hydrogen-bond acceptors (Lipinski definition) is 5. The lowest BCUT2D eigenvalue weighted by molar-refractivity contribution is -0.128. The number of nitrogens with zero attached hydrogens (tertiary/aromatic N) is 3. The number of carbonyl (C=O) groups excluding carboxylic acids is 1. The van der Waals surface area contributed by atoms with Crippen LogP contribution in [0.25, 0.3) is 11.0 Å². The number of amides is 1. The molecule has 25 heavy (non-hydrogen) atoms. The third-order valence-electron chi connectivity index (χ3n) is 4.34. The summed E-state index contributed by atoms with van der Waals surface area (Å²) in [5, 5.41) is 6.31. The van der Waals surface area contributed by atoms with Crippen LogP contribution >= 0.6 is 0 Å². The van der Waals surface area contributed by atoms with Crippen molar-refractivity contribution in [2.24, 2.45) is 5.41 Å². The molecule has 1 aliphatic rings. The number of fused-ring (bicyclic) bond motifs is 1. The molecule has 0 radical (unpaired) electrons. The average molecular weight is 341 g/mol. The van der Waals surface area contributed by atoms with Crippen LogP contribution in [0.1, 0.15) is 33.6 Å². The first-order valence-electron chi connectivity index (χ1n) is 8.99. The zero-order chi connectivity index (χ0) is 17.9. The van der Waals surface area contributed by atoms with Crippen LogP contribution in [-0.4, -0.2) is 42.1 Å². The maximum atomic E-state index is 12.0. The molecular weight excluding hydrogens is 314 g/mol. The van der Waals surface area contributed by atoms with Crippen molar-refractivity contribution in [3.05, 3.63) is 24.3 Å². The molecule has 2 aromatic rings. The van der Waals surface area contributed by atoms with Gasteiger partial charge in [-0.25, -0.2) is 9.97 Å². The Balaban J connectivity index is 1.72. The third kappa shape index (κ3) is 4.18. The highest BCUT2D eigenvalue weighted by Gasteiger charge is 2.21. The van der Waals surface area contributed by atoms with E-state index in [0.29, 0.717) is 13.1 Å². The quantitative estimate of drug-likeness (QED) is 0.819. The molecule has 0 spiro atoms. The summed E-state index contributed by atoms with van der Waals surface area (Å²) in [6.07, 6.45) is 2.38. The Morgan fingerprint density at radius 2 is 1.72 bits per heavy atom. The lowest BCUT2D eigenvalue weighted by Gasteiger charge is -2.21. The first-order chi connectivity index (χ1) is 11.9. The van der Waals surface area contributed by atoms with Crippen molar-refractivity contribution in [2.75, 3.05) is 36.4 Å². The maximum absolute atomic E-state index is 12.0. The molecule has 1 amide bonds. The maximum Gasteiger partial charge on any atom is 0.225 e. The van der Waals surface area contributed by atoms with E-state index in [1.165, 1.54) is 12.8 Å². The van der Waals surface area contributed by atoms with E-state index in [4.69, 9.17) is 9.97 Å². The van der Waals surface area contributed by atoms with E-state index in [1.54, 1.807) is 0 Å². The van der Waals surface area contributed by atoms with Gasteiger partial charge in [0.15, 0.2) is 11.6 Å². The van der Waals surface area contributed by atoms with Crippen molar-refractivity contribution >= 4 is 28.6 Å². The average Bonchev–Trinajstić information content (AvgIpc) is 3.11. The number of benzene rings is 1. The molecule has 0 bridgehead atoms. The lowest BCUT2D eigenvalue weighted by atomic mass is 9.96. The monoisotopic (exact) mass is 341 g/mol. The van der Waals surface area contributed by atoms with Gasteiger partial charge in [0.25, 0.3) is 0 Å². The van der Waals surface area contributed by atoms with Gasteiger partial charge in [-0.1, -0.05) is 32.9 Å². The van der Waals surface area contributed by atoms with Crippen molar-refractivity contribution in [3.63, 3.8) is 0 Å². The molecule has 1 fully saturated rings. The molecular formula is C19H27N5O. The number of anilines is 2. The summed E-state index contributed by atoms with van der Waals surface area (Å²) in [7, 11) is 0. The summed E-state index contributed by atoms with van der Waals surface area (Å²) in [4.78, 5) is 23.8. The number of para-hydroxylation sites is 2. The van der Waals surface area contributed by atoms with Gasteiger partial charge < -0.3 is 15.5 Å². The van der Waals surface area contributed by atoms with E-state index >= 15 is 0 Å². The second-order valence-electron chi connectivity index (χ2n) is 7.51. The van der Waals surface area contributed by atoms with Gasteiger partial charge in [0.05, 0.1) is 11.0 Å². The summed E-state index contributed by atoms with van der Waals surface area (Å²) in [5.74, 6) is 1.77. The molecule has 0 atom stereocenters. The molecule has 3 rings (SSSR count). The lowest BCUT2D eigenvalue weighted by Crippen LogP contribution is -2.37. The van der Waals surface area contributed by atoms with Crippen LogP contribution in [0.2, 0.25) is 0 Å². The van der Waals surface area contributed by atoms with Gasteiger partial charge in [0.1, 0.15) is 0 Å². The van der Waals surface area contributed by atoms with Crippen LogP contribution < -0.4 is 15.5 Å². The Morgan fingerprint density at radius 3 is 2.36 bits per heavy atom. The number of nitrogens with one attached hydrogen (secondary N) is 2. The summed E-state index contributed by atoms with van der Waals surface area (Å²) >= 11 is 0. The number of aromatic nitrogens is 2. The highest BCUT2D eigenvalue weighted by Crippen LogP contribution is 2.27. The Kier molecular flexibility index (Phi) is 5.06. The molecule has 0 aliphatic carbocycles. The third-order valence-corrected chi connectivity index (χ3v) is 4.34. The van der Waals surface area contributed by atoms with Crippen molar-refractivity contribution in [3.8, 4) is 0 Å². The number of carbonyl (C=O) groups is 1. The molecule has 0 unspecified atom stereocenters. The number of rotatable bonds is 5. The van der Waals surface area contributed by atoms with Crippen LogP contribution in [0.15, 0.2) is 24.3 Å². The van der Waals surface area contributed by atoms with Gasteiger partial charge in [0.2, 0.25) is 5.91 Å². The van der Waals surface area contributed by atoms with E-state index in [2.05, 4.69) is 15.5 Å². The second-order valence-corrected chi connectivity index (χ2v) is 7.51. The van der Waals surface area contributed by atoms with Gasteiger partial charge in [-0.15, -0.1) is 0 Å². The van der Waals surface area contributed by atoms with Gasteiger partial charge in [-0.3, -0.25) is 4.79 Å². The Bertz CT molecular complexity index is 747. The fraction of sp³-hybridized carbons (Fsp3) is 0.526. The Morgan fingerprint density at radius 1 is 1.08 bits per heavy atom. The first kappa shape index (κ1) is 17.5. The molecule has 2 heterocycles. The summed E-state index contributed by atoms with van der Waals surface area (Å²) in [5.41, 5.74) is 1.42. The summed E-state index contributed by atoms with van der Waals surface area (Å²) in [6.45, 7) is 8.95. The smallest absolute Gasteiger partial charge is 0.225 e. The molecule has 1 aromatic carbocycles. The molecule has 134 valence electrons. The van der Waals surface area contributed by atoms with E-state index in [9.17, 15) is 4.79 Å². The van der Waals surface area contributed by atoms with Gasteiger partial charge in [0, 0.05) is 31.6 Å². The Labute approximate surface area is 149 Å². The van der Waals surface area contributed by atoms with E-state index in [-0.39, 0.29) is 11.3 Å². The topological polar surface area (TPSA) is 70.1 Å². The fourth-order valence-electron chi connectivity index (χ4n) is 2.88. The van der Waals surface area contributed by atoms with Crippen molar-refractivity contribution in [2.45, 2.75) is 33.6 Å². The molecule has 6 heteroatoms. The molecule has 1 saturated heterocycles. The predicted molar refractivity (Wildman–Crippen MR) is 102 cm³/mol. The standard InChI is InChI=1S/C19H27N5O/c1-19(2,3)18(25)21-11-10-20-16-17(24-12-6-7-13-24)23-15-9-5-4-8-14(15)22-16/h4-5,8-9H,6-7,10-13H2,1-3H3,(H,20,22)(H,21,25). The van der Waals surface area contributed by atoms with Crippen LogP contribution in [0, 0.1) is 5.41 Å². The predicted octanol–water partition coefficient (Wildman–Crippen LogP) is 2.80. The van der Waals surface area contributed by atoms with E-state index in [0.717, 1.165) is 35.8 Å². The van der Waals surface area contributed by atoms with Crippen LogP contribution in [-0.2, 0) is 4.79 Å². The largest absolute Gasteiger partial charge is 0.365 e. The van der Waals surface area contributed by atoms with E-state index < -0.39 is 0 Å². The van der Waals surface area contributed by atoms with E-state index in [1.807, 2.05) is 45.0 Å². The zero-order valence-corrected chi connectivity index (χ0v) is 15.3. The van der Waals surface area contributed by atoms with Crippen molar-refractivity contribution in [1.29, 1.82) is 0 Å². The van der Waals surface area contributed by atoms with Crippen LogP contribution in [0.5, 0.6) is 0 Å². The summed E-state index contributed by atoms with van der Waals surface area (Å²) in [6, 6.07) is 7.93. The minimum absolute atomic E-state index is 0.0543. The summed E-state index contributed by atoms with van der Waals surface area (Å²) < 4.78 is 0. The SMILES string of the molecule is CC(C)(C)C(=O)NCCNc1nc2ccccc2nc1N1CCCC1. The second kappa shape index (κ2) is 7.25. The minimum atomic E-state index is -0.372. The molecule has 0 saturated carbocycles. The number of hydrogen-bond donors (Lipinski definition) is 2. The molecule has 1 aromatic heterocycles. The molecule has 6 nitrogen and oxygen atoms in total. The first-order valence-corrected chi connectivity index (χ1v) is 8.99. The Hall–Kier alpha value is -2.37. The van der Waals surface area contributed by atoms with Crippen LogP contribution in [0.3, 0.4) is 0 Å². The zero-order valence-electron chi connectivity index (χ0n) is 15.3. The van der Waals surface area contributed by atoms with Gasteiger partial charge >= 0.3 is 0 Å². The minimum Gasteiger partial charge on any atom is -0.365 e. The normalized spacial score (nSPS) is 14.8. The van der Waals surface area contributed by atoms with Crippen molar-refractivity contribution < 1.29 is 4.79 Å². The highest BCUT2D eigenvalue weighted by molar-refractivity contribution is 5.82. The fourth-order valence-corrected chi connectivity index (χ4v) is 2.88. The van der Waals surface area contributed by atoms with Gasteiger partial charge in [-0.2, -0.15) is 0 Å². The highest BCUT2D eigenvalue weighted by atomic mass is 16.2. The van der Waals surface area contributed by atoms with Crippen LogP contribution in [0.4, 0.5) is 11.6 Å². The van der Waals surface area contributed by atoms with Crippen molar-refractivity contribution in [1.82, 2.24) is 15.3 Å². The molecule has 2 N–H and O–H groups in total. The van der Waals surface area contributed by atoms with Gasteiger partial charge in [-0.05, 0) is 25.0 Å².